The summed E-state index contributed by atoms with van der Waals surface area (Å²) < 4.78 is 5.24. The maximum absolute atomic E-state index is 12.5. The number of ether oxygens (including phenoxy) is 1. The molecule has 2 aromatic rings. The van der Waals surface area contributed by atoms with E-state index in [2.05, 4.69) is 5.32 Å². The number of nitrogens with one attached hydrogen (secondary N) is 1. The Morgan fingerprint density at radius 1 is 1.31 bits per heavy atom. The molecule has 0 aromatic heterocycles. The van der Waals surface area contributed by atoms with Crippen LogP contribution in [0.3, 0.4) is 0 Å². The van der Waals surface area contributed by atoms with Crippen LogP contribution in [0.4, 0.5) is 5.69 Å². The van der Waals surface area contributed by atoms with Gasteiger partial charge in [-0.1, -0.05) is 23.7 Å². The number of likely N-dealkylation sites (N-methyl/N-ethyl adjacent to an activating group) is 1. The standard InChI is InChI=1S/C18H20ClN3O4/c1-21(2)17(12-5-4-6-14(9-12)26-3)11-20-18(23)15-8-7-13(19)10-16(15)22(24)25/h4-10,17H,11H2,1-3H3,(H,20,23). The number of hydrogen-bond donors (Lipinski definition) is 1. The first-order valence-electron chi connectivity index (χ1n) is 7.86. The van der Waals surface area contributed by atoms with Crippen LogP contribution in [0.1, 0.15) is 22.0 Å². The Bertz CT molecular complexity index is 811. The van der Waals surface area contributed by atoms with Crippen molar-refractivity contribution >= 4 is 23.2 Å². The molecule has 0 saturated carbocycles. The molecule has 0 bridgehead atoms. The molecule has 2 rings (SSSR count). The third kappa shape index (κ3) is 4.71. The van der Waals surface area contributed by atoms with Crippen molar-refractivity contribution in [3.63, 3.8) is 0 Å². The van der Waals surface area contributed by atoms with E-state index in [4.69, 9.17) is 16.3 Å². The summed E-state index contributed by atoms with van der Waals surface area (Å²) >= 11 is 5.79. The van der Waals surface area contributed by atoms with E-state index >= 15 is 0 Å². The second-order valence-electron chi connectivity index (χ2n) is 5.88. The lowest BCUT2D eigenvalue weighted by atomic mass is 10.1. The largest absolute Gasteiger partial charge is 0.497 e. The van der Waals surface area contributed by atoms with Gasteiger partial charge in [0.25, 0.3) is 11.6 Å². The fourth-order valence-electron chi connectivity index (χ4n) is 2.58. The van der Waals surface area contributed by atoms with Crippen LogP contribution in [0.5, 0.6) is 5.75 Å². The van der Waals surface area contributed by atoms with Gasteiger partial charge in [0.1, 0.15) is 11.3 Å². The van der Waals surface area contributed by atoms with Crippen molar-refractivity contribution in [2.24, 2.45) is 0 Å². The Hall–Kier alpha value is -2.64. The van der Waals surface area contributed by atoms with Crippen molar-refractivity contribution in [3.8, 4) is 5.75 Å². The van der Waals surface area contributed by atoms with Gasteiger partial charge in [0, 0.05) is 17.6 Å². The molecule has 8 heteroatoms. The van der Waals surface area contributed by atoms with E-state index in [1.807, 2.05) is 43.3 Å². The summed E-state index contributed by atoms with van der Waals surface area (Å²) in [5, 5.41) is 14.1. The molecule has 1 amide bonds. The third-order valence-electron chi connectivity index (χ3n) is 3.96. The highest BCUT2D eigenvalue weighted by molar-refractivity contribution is 6.31. The molecule has 0 spiro atoms. The van der Waals surface area contributed by atoms with E-state index in [9.17, 15) is 14.9 Å². The molecule has 0 aliphatic rings. The lowest BCUT2D eigenvalue weighted by Crippen LogP contribution is -2.34. The zero-order valence-electron chi connectivity index (χ0n) is 14.7. The van der Waals surface area contributed by atoms with Gasteiger partial charge in [0.05, 0.1) is 18.1 Å². The van der Waals surface area contributed by atoms with Crippen molar-refractivity contribution in [3.05, 3.63) is 68.7 Å². The molecule has 2 aromatic carbocycles. The smallest absolute Gasteiger partial charge is 0.283 e. The zero-order chi connectivity index (χ0) is 19.3. The van der Waals surface area contributed by atoms with Crippen LogP contribution < -0.4 is 10.1 Å². The van der Waals surface area contributed by atoms with Crippen molar-refractivity contribution in [1.29, 1.82) is 0 Å². The molecule has 1 unspecified atom stereocenters. The maximum Gasteiger partial charge on any atom is 0.283 e. The van der Waals surface area contributed by atoms with Crippen LogP contribution in [0.15, 0.2) is 42.5 Å². The van der Waals surface area contributed by atoms with Gasteiger partial charge in [-0.25, -0.2) is 0 Å². The lowest BCUT2D eigenvalue weighted by molar-refractivity contribution is -0.385. The van der Waals surface area contributed by atoms with E-state index in [1.54, 1.807) is 7.11 Å². The Morgan fingerprint density at radius 3 is 2.65 bits per heavy atom. The number of nitro groups is 1. The highest BCUT2D eigenvalue weighted by Gasteiger charge is 2.22. The first-order chi connectivity index (χ1) is 12.3. The van der Waals surface area contributed by atoms with Gasteiger partial charge in [-0.05, 0) is 43.9 Å². The number of rotatable bonds is 7. The molecule has 1 N–H and O–H groups in total. The van der Waals surface area contributed by atoms with Crippen LogP contribution in [0.25, 0.3) is 0 Å². The van der Waals surface area contributed by atoms with Gasteiger partial charge in [0.2, 0.25) is 0 Å². The summed E-state index contributed by atoms with van der Waals surface area (Å²) in [6.45, 7) is 0.277. The molecule has 0 aliphatic heterocycles. The van der Waals surface area contributed by atoms with Gasteiger partial charge in [-0.3, -0.25) is 14.9 Å². The van der Waals surface area contributed by atoms with Gasteiger partial charge in [-0.2, -0.15) is 0 Å². The first kappa shape index (κ1) is 19.7. The quantitative estimate of drug-likeness (QED) is 0.591. The lowest BCUT2D eigenvalue weighted by Gasteiger charge is -2.25. The summed E-state index contributed by atoms with van der Waals surface area (Å²) in [5.74, 6) is 0.192. The van der Waals surface area contributed by atoms with E-state index in [-0.39, 0.29) is 28.9 Å². The SMILES string of the molecule is COc1cccc(C(CNC(=O)c2ccc(Cl)cc2[N+](=O)[O-])N(C)C)c1. The Morgan fingerprint density at radius 2 is 2.04 bits per heavy atom. The molecule has 26 heavy (non-hydrogen) atoms. The molecule has 0 saturated heterocycles. The Kier molecular flexibility index (Phi) is 6.54. The van der Waals surface area contributed by atoms with Crippen LogP contribution >= 0.6 is 11.6 Å². The monoisotopic (exact) mass is 377 g/mol. The second-order valence-corrected chi connectivity index (χ2v) is 6.32. The first-order valence-corrected chi connectivity index (χ1v) is 8.23. The number of nitrogens with zero attached hydrogens (tertiary/aromatic N) is 2. The van der Waals surface area contributed by atoms with E-state index < -0.39 is 10.8 Å². The summed E-state index contributed by atoms with van der Waals surface area (Å²) in [4.78, 5) is 25.0. The van der Waals surface area contributed by atoms with Crippen molar-refractivity contribution in [2.45, 2.75) is 6.04 Å². The van der Waals surface area contributed by atoms with Crippen LogP contribution in [0.2, 0.25) is 5.02 Å². The number of hydrogen-bond acceptors (Lipinski definition) is 5. The van der Waals surface area contributed by atoms with E-state index in [1.165, 1.54) is 18.2 Å². The number of benzene rings is 2. The molecular weight excluding hydrogens is 358 g/mol. The average Bonchev–Trinajstić information content (AvgIpc) is 2.61. The number of halogens is 1. The molecule has 138 valence electrons. The molecule has 0 heterocycles. The topological polar surface area (TPSA) is 84.7 Å². The molecule has 0 aliphatic carbocycles. The van der Waals surface area contributed by atoms with Gasteiger partial charge in [-0.15, -0.1) is 0 Å². The molecule has 1 atom stereocenters. The van der Waals surface area contributed by atoms with Crippen molar-refractivity contribution in [1.82, 2.24) is 10.2 Å². The average molecular weight is 378 g/mol. The van der Waals surface area contributed by atoms with Crippen molar-refractivity contribution < 1.29 is 14.5 Å². The van der Waals surface area contributed by atoms with Crippen LogP contribution in [-0.2, 0) is 0 Å². The number of carbonyl (C=O) groups is 1. The predicted octanol–water partition coefficient (Wildman–Crippen LogP) is 3.29. The third-order valence-corrected chi connectivity index (χ3v) is 4.19. The number of carbonyl (C=O) groups excluding carboxylic acids is 1. The summed E-state index contributed by atoms with van der Waals surface area (Å²) in [6.07, 6.45) is 0. The summed E-state index contributed by atoms with van der Waals surface area (Å²) in [7, 11) is 5.37. The van der Waals surface area contributed by atoms with E-state index in [0.29, 0.717) is 5.75 Å². The van der Waals surface area contributed by atoms with Crippen molar-refractivity contribution in [2.75, 3.05) is 27.7 Å². The molecule has 0 radical (unpaired) electrons. The van der Waals surface area contributed by atoms with E-state index in [0.717, 1.165) is 5.56 Å². The fraction of sp³-hybridized carbons (Fsp3) is 0.278. The highest BCUT2D eigenvalue weighted by atomic mass is 35.5. The minimum Gasteiger partial charge on any atom is -0.497 e. The minimum atomic E-state index is -0.619. The maximum atomic E-state index is 12.5. The number of nitro benzene ring substituents is 1. The van der Waals surface area contributed by atoms with Crippen LogP contribution in [-0.4, -0.2) is 43.5 Å². The van der Waals surface area contributed by atoms with Gasteiger partial charge in [0.15, 0.2) is 0 Å². The molecular formula is C18H20ClN3O4. The number of amides is 1. The fourth-order valence-corrected chi connectivity index (χ4v) is 2.75. The second kappa shape index (κ2) is 8.64. The Balaban J connectivity index is 2.19. The highest BCUT2D eigenvalue weighted by Crippen LogP contribution is 2.25. The van der Waals surface area contributed by atoms with Crippen LogP contribution in [0, 0.1) is 10.1 Å². The molecule has 0 fully saturated rings. The summed E-state index contributed by atoms with van der Waals surface area (Å²) in [5.41, 5.74) is 0.612. The molecule has 7 nitrogen and oxygen atoms in total. The Labute approximate surface area is 156 Å². The van der Waals surface area contributed by atoms with Gasteiger partial charge >= 0.3 is 0 Å². The normalized spacial score (nSPS) is 11.9. The van der Waals surface area contributed by atoms with Gasteiger partial charge < -0.3 is 15.0 Å². The number of methoxy groups -OCH3 is 1. The minimum absolute atomic E-state index is 0.0254. The summed E-state index contributed by atoms with van der Waals surface area (Å²) in [6, 6.07) is 11.4. The zero-order valence-corrected chi connectivity index (χ0v) is 15.5. The predicted molar refractivity (Wildman–Crippen MR) is 99.9 cm³/mol.